The summed E-state index contributed by atoms with van der Waals surface area (Å²) in [4.78, 5) is 10.2. The molecular weight excluding hydrogens is 280 g/mol. The summed E-state index contributed by atoms with van der Waals surface area (Å²) in [6.07, 6.45) is 2.42. The lowest BCUT2D eigenvalue weighted by Gasteiger charge is -2.32. The van der Waals surface area contributed by atoms with E-state index in [0.717, 1.165) is 24.7 Å². The largest absolute Gasteiger partial charge is 0.494 e. The monoisotopic (exact) mass is 304 g/mol. The van der Waals surface area contributed by atoms with E-state index in [-0.39, 0.29) is 11.9 Å². The fourth-order valence-electron chi connectivity index (χ4n) is 2.50. The molecule has 1 aliphatic heterocycles. The predicted molar refractivity (Wildman–Crippen MR) is 90.7 cm³/mol. The molecule has 0 aromatic heterocycles. The van der Waals surface area contributed by atoms with Crippen LogP contribution in [-0.4, -0.2) is 32.1 Å². The van der Waals surface area contributed by atoms with Crippen LogP contribution in [0.2, 0.25) is 0 Å². The van der Waals surface area contributed by atoms with Gasteiger partial charge in [-0.3, -0.25) is 0 Å². The molecule has 1 heterocycles. The van der Waals surface area contributed by atoms with E-state index < -0.39 is 0 Å². The second kappa shape index (κ2) is 7.02. The molecule has 7 nitrogen and oxygen atoms in total. The van der Waals surface area contributed by atoms with Crippen molar-refractivity contribution in [1.29, 1.82) is 0 Å². The summed E-state index contributed by atoms with van der Waals surface area (Å²) in [7, 11) is 1.60. The highest BCUT2D eigenvalue weighted by Gasteiger charge is 2.17. The Kier molecular flexibility index (Phi) is 5.08. The van der Waals surface area contributed by atoms with E-state index in [9.17, 15) is 0 Å². The minimum Gasteiger partial charge on any atom is -0.494 e. The highest BCUT2D eigenvalue weighted by atomic mass is 16.5. The molecule has 22 heavy (non-hydrogen) atoms. The van der Waals surface area contributed by atoms with Gasteiger partial charge in [0.2, 0.25) is 5.96 Å². The summed E-state index contributed by atoms with van der Waals surface area (Å²) in [6.45, 7) is 4.41. The molecule has 1 saturated heterocycles. The highest BCUT2D eigenvalue weighted by molar-refractivity contribution is 5.94. The Hall–Kier alpha value is -2.44. The average molecular weight is 304 g/mol. The summed E-state index contributed by atoms with van der Waals surface area (Å²) >= 11 is 0. The number of nitrogens with two attached hydrogens (primary N) is 3. The van der Waals surface area contributed by atoms with Crippen molar-refractivity contribution in [3.63, 3.8) is 0 Å². The third-order valence-corrected chi connectivity index (χ3v) is 3.79. The minimum atomic E-state index is -0.126. The molecule has 120 valence electrons. The van der Waals surface area contributed by atoms with Crippen LogP contribution in [-0.2, 0) is 0 Å². The molecule has 0 aliphatic carbocycles. The number of guanidine groups is 2. The van der Waals surface area contributed by atoms with Crippen molar-refractivity contribution < 1.29 is 4.74 Å². The number of hydrogen-bond acceptors (Lipinski definition) is 3. The lowest BCUT2D eigenvalue weighted by atomic mass is 9.99. The first kappa shape index (κ1) is 15.9. The molecule has 0 bridgehead atoms. The molecule has 0 radical (unpaired) electrons. The smallest absolute Gasteiger partial charge is 0.223 e. The lowest BCUT2D eigenvalue weighted by Crippen LogP contribution is -2.32. The zero-order valence-corrected chi connectivity index (χ0v) is 13.1. The number of hydrogen-bond donors (Lipinski definition) is 3. The first-order chi connectivity index (χ1) is 10.5. The molecule has 1 fully saturated rings. The van der Waals surface area contributed by atoms with E-state index in [1.54, 1.807) is 7.11 Å². The van der Waals surface area contributed by atoms with Gasteiger partial charge in [-0.15, -0.1) is 0 Å². The highest BCUT2D eigenvalue weighted by Crippen LogP contribution is 2.33. The number of nitrogens with zero attached hydrogens (tertiary/aromatic N) is 3. The van der Waals surface area contributed by atoms with Crippen LogP contribution in [0.1, 0.15) is 19.8 Å². The van der Waals surface area contributed by atoms with Crippen molar-refractivity contribution in [3.05, 3.63) is 18.2 Å². The second-order valence-electron chi connectivity index (χ2n) is 5.53. The molecule has 6 N–H and O–H groups in total. The Labute approximate surface area is 130 Å². The number of methoxy groups -OCH3 is 1. The van der Waals surface area contributed by atoms with Crippen molar-refractivity contribution in [2.24, 2.45) is 33.1 Å². The Morgan fingerprint density at radius 2 is 1.91 bits per heavy atom. The van der Waals surface area contributed by atoms with Crippen molar-refractivity contribution >= 4 is 23.3 Å². The Bertz CT molecular complexity index is 571. The summed E-state index contributed by atoms with van der Waals surface area (Å²) in [6, 6.07) is 5.85. The molecule has 2 rings (SSSR count). The van der Waals surface area contributed by atoms with Crippen LogP contribution in [0.5, 0.6) is 5.75 Å². The van der Waals surface area contributed by atoms with Gasteiger partial charge in [0, 0.05) is 24.8 Å². The molecule has 0 spiro atoms. The third-order valence-electron chi connectivity index (χ3n) is 3.79. The maximum absolute atomic E-state index is 5.66. The summed E-state index contributed by atoms with van der Waals surface area (Å²) in [5, 5.41) is 0. The molecule has 1 aromatic rings. The van der Waals surface area contributed by atoms with Gasteiger partial charge in [-0.1, -0.05) is 6.92 Å². The van der Waals surface area contributed by atoms with Gasteiger partial charge >= 0.3 is 0 Å². The SMILES string of the molecule is COc1cc(N2CCC(C)CC2)ccc1N=C(N)N=C(N)N. The van der Waals surface area contributed by atoms with Crippen LogP contribution in [0, 0.1) is 5.92 Å². The normalized spacial score (nSPS) is 16.5. The van der Waals surface area contributed by atoms with Crippen molar-refractivity contribution in [1.82, 2.24) is 0 Å². The zero-order chi connectivity index (χ0) is 16.1. The van der Waals surface area contributed by atoms with Gasteiger partial charge in [-0.2, -0.15) is 4.99 Å². The topological polar surface area (TPSA) is 115 Å². The molecule has 0 amide bonds. The quantitative estimate of drug-likeness (QED) is 0.572. The van der Waals surface area contributed by atoms with Gasteiger partial charge in [0.25, 0.3) is 0 Å². The number of ether oxygens (including phenoxy) is 1. The molecule has 0 unspecified atom stereocenters. The minimum absolute atomic E-state index is 0.00199. The summed E-state index contributed by atoms with van der Waals surface area (Å²) in [5.41, 5.74) is 17.9. The molecule has 7 heteroatoms. The van der Waals surface area contributed by atoms with E-state index in [1.165, 1.54) is 12.8 Å². The zero-order valence-electron chi connectivity index (χ0n) is 13.1. The molecule has 0 atom stereocenters. The van der Waals surface area contributed by atoms with Crippen LogP contribution >= 0.6 is 0 Å². The molecular formula is C15H24N6O. The number of aliphatic imine (C=N–C) groups is 2. The van der Waals surface area contributed by atoms with E-state index in [2.05, 4.69) is 21.8 Å². The van der Waals surface area contributed by atoms with Crippen molar-refractivity contribution in [2.45, 2.75) is 19.8 Å². The first-order valence-corrected chi connectivity index (χ1v) is 7.36. The van der Waals surface area contributed by atoms with Crippen LogP contribution in [0.25, 0.3) is 0 Å². The van der Waals surface area contributed by atoms with E-state index >= 15 is 0 Å². The van der Waals surface area contributed by atoms with Crippen molar-refractivity contribution in [3.8, 4) is 5.75 Å². The number of benzene rings is 1. The van der Waals surface area contributed by atoms with E-state index in [1.807, 2.05) is 18.2 Å². The fourth-order valence-corrected chi connectivity index (χ4v) is 2.50. The van der Waals surface area contributed by atoms with Crippen LogP contribution < -0.4 is 26.8 Å². The standard InChI is InChI=1S/C15H24N6O/c1-10-5-7-21(8-6-10)11-3-4-12(13(9-11)22-2)19-15(18)20-14(16)17/h3-4,9-10H,5-8H2,1-2H3,(H6,16,17,18,19,20). The Balaban J connectivity index is 2.22. The Morgan fingerprint density at radius 1 is 1.23 bits per heavy atom. The maximum Gasteiger partial charge on any atom is 0.223 e. The molecule has 0 saturated carbocycles. The number of rotatable bonds is 3. The summed E-state index contributed by atoms with van der Waals surface area (Å²) in [5.74, 6) is 1.31. The molecule has 1 aliphatic rings. The third kappa shape index (κ3) is 4.03. The van der Waals surface area contributed by atoms with Crippen LogP contribution in [0.3, 0.4) is 0 Å². The van der Waals surface area contributed by atoms with E-state index in [0.29, 0.717) is 11.4 Å². The first-order valence-electron chi connectivity index (χ1n) is 7.36. The van der Waals surface area contributed by atoms with Gasteiger partial charge in [-0.25, -0.2) is 4.99 Å². The lowest BCUT2D eigenvalue weighted by molar-refractivity contribution is 0.414. The summed E-state index contributed by atoms with van der Waals surface area (Å²) < 4.78 is 5.40. The van der Waals surface area contributed by atoms with Gasteiger partial charge in [0.1, 0.15) is 11.4 Å². The Morgan fingerprint density at radius 3 is 2.50 bits per heavy atom. The number of piperidine rings is 1. The fraction of sp³-hybridized carbons (Fsp3) is 0.467. The number of anilines is 1. The maximum atomic E-state index is 5.66. The van der Waals surface area contributed by atoms with Gasteiger partial charge < -0.3 is 26.8 Å². The van der Waals surface area contributed by atoms with Gasteiger partial charge in [-0.05, 0) is 30.9 Å². The van der Waals surface area contributed by atoms with Gasteiger partial charge in [0.15, 0.2) is 5.96 Å². The van der Waals surface area contributed by atoms with Gasteiger partial charge in [0.05, 0.1) is 7.11 Å². The van der Waals surface area contributed by atoms with E-state index in [4.69, 9.17) is 21.9 Å². The molecule has 1 aromatic carbocycles. The van der Waals surface area contributed by atoms with Crippen molar-refractivity contribution in [2.75, 3.05) is 25.1 Å². The average Bonchev–Trinajstić information content (AvgIpc) is 2.47. The van der Waals surface area contributed by atoms with Crippen LogP contribution in [0.15, 0.2) is 28.2 Å². The second-order valence-corrected chi connectivity index (χ2v) is 5.53. The predicted octanol–water partition coefficient (Wildman–Crippen LogP) is 1.15. The van der Waals surface area contributed by atoms with Crippen LogP contribution in [0.4, 0.5) is 11.4 Å².